The van der Waals surface area contributed by atoms with Crippen molar-refractivity contribution in [1.82, 2.24) is 0 Å². The maximum absolute atomic E-state index is 13.2. The lowest BCUT2D eigenvalue weighted by molar-refractivity contribution is -0.139. The van der Waals surface area contributed by atoms with Gasteiger partial charge in [-0.15, -0.1) is 0 Å². The summed E-state index contributed by atoms with van der Waals surface area (Å²) in [7, 11) is 2.49. The molecule has 0 aliphatic carbocycles. The number of Topliss-reactive ketones (excluding diaryl/α,β-unsaturated/α-hetero) is 1. The highest BCUT2D eigenvalue weighted by molar-refractivity contribution is 6.35. The Labute approximate surface area is 142 Å². The summed E-state index contributed by atoms with van der Waals surface area (Å²) in [5.41, 5.74) is 0.132. The summed E-state index contributed by atoms with van der Waals surface area (Å²) in [6.45, 7) is -0.318. The van der Waals surface area contributed by atoms with Crippen molar-refractivity contribution in [3.05, 3.63) is 29.0 Å². The fraction of sp³-hybridized carbons (Fsp3) is 0.333. The highest BCUT2D eigenvalue weighted by atomic mass is 35.5. The van der Waals surface area contributed by atoms with Gasteiger partial charge in [0.1, 0.15) is 18.3 Å². The highest BCUT2D eigenvalue weighted by Crippen LogP contribution is 2.32. The van der Waals surface area contributed by atoms with Crippen LogP contribution in [0.3, 0.4) is 0 Å². The van der Waals surface area contributed by atoms with E-state index in [1.165, 1.54) is 20.3 Å². The summed E-state index contributed by atoms with van der Waals surface area (Å²) < 4.78 is 22.5. The molecule has 1 heterocycles. The van der Waals surface area contributed by atoms with Gasteiger partial charge in [0.25, 0.3) is 5.91 Å². The third kappa shape index (κ3) is 3.60. The normalized spacial score (nSPS) is 17.0. The molecule has 1 amide bonds. The standard InChI is InChI=1S/C15H14ClFN2O5/c1-23-7-12(20)14-10(6-13(21)24-2)18-19(15(14)22)11-4-3-8(17)5-9(11)16/h3-5,14H,6-7H2,1-2H3. The van der Waals surface area contributed by atoms with Gasteiger partial charge in [-0.25, -0.2) is 4.39 Å². The van der Waals surface area contributed by atoms with Crippen molar-refractivity contribution in [2.24, 2.45) is 11.0 Å². The molecule has 2 rings (SSSR count). The average Bonchev–Trinajstić information content (AvgIpc) is 2.83. The van der Waals surface area contributed by atoms with Crippen molar-refractivity contribution in [3.8, 4) is 0 Å². The number of benzene rings is 1. The summed E-state index contributed by atoms with van der Waals surface area (Å²) in [6, 6.07) is 3.39. The molecule has 0 N–H and O–H groups in total. The number of carbonyl (C=O) groups excluding carboxylic acids is 3. The second-order valence-electron chi connectivity index (χ2n) is 4.92. The zero-order chi connectivity index (χ0) is 17.9. The number of anilines is 1. The minimum Gasteiger partial charge on any atom is -0.469 e. The van der Waals surface area contributed by atoms with Crippen molar-refractivity contribution in [1.29, 1.82) is 0 Å². The van der Waals surface area contributed by atoms with E-state index in [0.29, 0.717) is 0 Å². The molecule has 0 saturated heterocycles. The van der Waals surface area contributed by atoms with Crippen LogP contribution in [0.15, 0.2) is 23.3 Å². The van der Waals surface area contributed by atoms with Gasteiger partial charge in [0.15, 0.2) is 5.78 Å². The van der Waals surface area contributed by atoms with Crippen LogP contribution in [0.1, 0.15) is 6.42 Å². The van der Waals surface area contributed by atoms with Crippen LogP contribution in [0.4, 0.5) is 10.1 Å². The molecule has 0 aromatic heterocycles. The van der Waals surface area contributed by atoms with E-state index in [2.05, 4.69) is 9.84 Å². The Hall–Kier alpha value is -2.32. The van der Waals surface area contributed by atoms with Crippen LogP contribution in [0.5, 0.6) is 0 Å². The summed E-state index contributed by atoms with van der Waals surface area (Å²) in [4.78, 5) is 36.2. The SMILES string of the molecule is COCC(=O)C1C(=O)N(c2ccc(F)cc2Cl)N=C1CC(=O)OC. The van der Waals surface area contributed by atoms with E-state index in [-0.39, 0.29) is 29.4 Å². The average molecular weight is 357 g/mol. The lowest BCUT2D eigenvalue weighted by Gasteiger charge is -2.15. The number of carbonyl (C=O) groups is 3. The maximum Gasteiger partial charge on any atom is 0.311 e. The molecule has 24 heavy (non-hydrogen) atoms. The fourth-order valence-electron chi connectivity index (χ4n) is 2.23. The van der Waals surface area contributed by atoms with E-state index in [4.69, 9.17) is 16.3 Å². The van der Waals surface area contributed by atoms with Crippen LogP contribution in [-0.4, -0.2) is 44.2 Å². The minimum atomic E-state index is -1.27. The largest absolute Gasteiger partial charge is 0.469 e. The van der Waals surface area contributed by atoms with Crippen LogP contribution in [0.2, 0.25) is 5.02 Å². The number of ketones is 1. The summed E-state index contributed by atoms with van der Waals surface area (Å²) in [5.74, 6) is -3.74. The summed E-state index contributed by atoms with van der Waals surface area (Å²) >= 11 is 5.94. The van der Waals surface area contributed by atoms with Crippen LogP contribution >= 0.6 is 11.6 Å². The lowest BCUT2D eigenvalue weighted by atomic mass is 9.96. The molecule has 1 unspecified atom stereocenters. The fourth-order valence-corrected chi connectivity index (χ4v) is 2.48. The second-order valence-corrected chi connectivity index (χ2v) is 5.33. The number of amides is 1. The maximum atomic E-state index is 13.2. The van der Waals surface area contributed by atoms with Gasteiger partial charge in [0, 0.05) is 7.11 Å². The van der Waals surface area contributed by atoms with Crippen LogP contribution in [0.25, 0.3) is 0 Å². The first kappa shape index (κ1) is 18.0. The molecule has 128 valence electrons. The smallest absolute Gasteiger partial charge is 0.311 e. The number of methoxy groups -OCH3 is 2. The van der Waals surface area contributed by atoms with E-state index in [0.717, 1.165) is 17.1 Å². The number of ether oxygens (including phenoxy) is 2. The Bertz CT molecular complexity index is 722. The molecule has 1 aliphatic rings. The van der Waals surface area contributed by atoms with Crippen molar-refractivity contribution < 1.29 is 28.2 Å². The molecular formula is C15H14ClFN2O5. The van der Waals surface area contributed by atoms with Gasteiger partial charge < -0.3 is 9.47 Å². The van der Waals surface area contributed by atoms with Crippen molar-refractivity contribution in [3.63, 3.8) is 0 Å². The Morgan fingerprint density at radius 2 is 2.08 bits per heavy atom. The number of hydrogen-bond donors (Lipinski definition) is 0. The molecule has 1 atom stereocenters. The van der Waals surface area contributed by atoms with Crippen LogP contribution < -0.4 is 5.01 Å². The van der Waals surface area contributed by atoms with E-state index >= 15 is 0 Å². The summed E-state index contributed by atoms with van der Waals surface area (Å²) in [5, 5.41) is 4.85. The van der Waals surface area contributed by atoms with Gasteiger partial charge >= 0.3 is 5.97 Å². The second kappa shape index (κ2) is 7.50. The van der Waals surface area contributed by atoms with Gasteiger partial charge in [-0.1, -0.05) is 11.6 Å². The topological polar surface area (TPSA) is 85.3 Å². The monoisotopic (exact) mass is 356 g/mol. The van der Waals surface area contributed by atoms with Gasteiger partial charge in [0.2, 0.25) is 0 Å². The lowest BCUT2D eigenvalue weighted by Crippen LogP contribution is -2.36. The number of nitrogens with zero attached hydrogens (tertiary/aromatic N) is 2. The molecular weight excluding hydrogens is 343 g/mol. The summed E-state index contributed by atoms with van der Waals surface area (Å²) in [6.07, 6.45) is -0.336. The number of hydrogen-bond acceptors (Lipinski definition) is 6. The minimum absolute atomic E-state index is 0.0225. The number of esters is 1. The highest BCUT2D eigenvalue weighted by Gasteiger charge is 2.42. The van der Waals surface area contributed by atoms with Crippen LogP contribution in [-0.2, 0) is 23.9 Å². The first-order valence-corrected chi connectivity index (χ1v) is 7.21. The molecule has 0 saturated carbocycles. The molecule has 0 bridgehead atoms. The molecule has 0 spiro atoms. The number of rotatable bonds is 6. The van der Waals surface area contributed by atoms with Gasteiger partial charge in [-0.05, 0) is 18.2 Å². The quantitative estimate of drug-likeness (QED) is 0.570. The van der Waals surface area contributed by atoms with E-state index < -0.39 is 29.4 Å². The Kier molecular flexibility index (Phi) is 5.63. The predicted molar refractivity (Wildman–Crippen MR) is 83.3 cm³/mol. The predicted octanol–water partition coefficient (Wildman–Crippen LogP) is 1.58. The molecule has 1 aromatic rings. The van der Waals surface area contributed by atoms with Crippen LogP contribution in [0, 0.1) is 11.7 Å². The zero-order valence-electron chi connectivity index (χ0n) is 12.9. The zero-order valence-corrected chi connectivity index (χ0v) is 13.7. The molecule has 1 aliphatic heterocycles. The Balaban J connectivity index is 2.40. The Morgan fingerprint density at radius 1 is 1.38 bits per heavy atom. The van der Waals surface area contributed by atoms with E-state index in [1.54, 1.807) is 0 Å². The number of hydrazone groups is 1. The molecule has 9 heteroatoms. The molecule has 7 nitrogen and oxygen atoms in total. The van der Waals surface area contributed by atoms with Gasteiger partial charge in [-0.2, -0.15) is 10.1 Å². The van der Waals surface area contributed by atoms with Gasteiger partial charge in [-0.3, -0.25) is 14.4 Å². The van der Waals surface area contributed by atoms with Gasteiger partial charge in [0.05, 0.1) is 30.0 Å². The van der Waals surface area contributed by atoms with Crippen molar-refractivity contribution in [2.45, 2.75) is 6.42 Å². The molecule has 0 radical (unpaired) electrons. The van der Waals surface area contributed by atoms with E-state index in [9.17, 15) is 18.8 Å². The first-order chi connectivity index (χ1) is 11.4. The third-order valence-electron chi connectivity index (χ3n) is 3.32. The van der Waals surface area contributed by atoms with E-state index in [1.807, 2.05) is 0 Å². The Morgan fingerprint density at radius 3 is 2.67 bits per heavy atom. The van der Waals surface area contributed by atoms with Crippen molar-refractivity contribution >= 4 is 40.7 Å². The van der Waals surface area contributed by atoms with Crippen molar-refractivity contribution in [2.75, 3.05) is 25.8 Å². The third-order valence-corrected chi connectivity index (χ3v) is 3.62. The molecule has 0 fully saturated rings. The molecule has 1 aromatic carbocycles. The number of halogens is 2. The first-order valence-electron chi connectivity index (χ1n) is 6.84.